The summed E-state index contributed by atoms with van der Waals surface area (Å²) in [4.78, 5) is 4.33. The van der Waals surface area contributed by atoms with Gasteiger partial charge in [-0.2, -0.15) is 9.61 Å². The molecule has 2 rings (SSSR count). The van der Waals surface area contributed by atoms with Gasteiger partial charge in [0, 0.05) is 6.07 Å². The topological polar surface area (TPSA) is 39.4 Å². The first-order valence-electron chi connectivity index (χ1n) is 5.02. The van der Waals surface area contributed by atoms with E-state index in [0.29, 0.717) is 5.92 Å². The molecule has 2 aromatic heterocycles. The van der Waals surface area contributed by atoms with Gasteiger partial charge in [-0.05, 0) is 18.4 Å². The van der Waals surface area contributed by atoms with E-state index < -0.39 is 0 Å². The molecule has 0 saturated heterocycles. The fraction of sp³-hybridized carbons (Fsp3) is 0.455. The molecule has 80 valence electrons. The average Bonchev–Trinajstić information content (AvgIpc) is 2.55. The number of methoxy groups -OCH3 is 1. The van der Waals surface area contributed by atoms with Crippen LogP contribution in [-0.2, 0) is 0 Å². The summed E-state index contributed by atoms with van der Waals surface area (Å²) < 4.78 is 7.06. The summed E-state index contributed by atoms with van der Waals surface area (Å²) in [7, 11) is 1.65. The van der Waals surface area contributed by atoms with E-state index in [0.717, 1.165) is 22.7 Å². The lowest BCUT2D eigenvalue weighted by Crippen LogP contribution is -2.02. The van der Waals surface area contributed by atoms with Crippen molar-refractivity contribution in [3.63, 3.8) is 0 Å². The number of rotatable bonds is 2. The zero-order valence-electron chi connectivity index (χ0n) is 9.48. The van der Waals surface area contributed by atoms with Gasteiger partial charge in [-0.1, -0.05) is 13.8 Å². The quantitative estimate of drug-likeness (QED) is 0.754. The van der Waals surface area contributed by atoms with Gasteiger partial charge in [0.25, 0.3) is 0 Å². The molecule has 0 amide bonds. The first kappa shape index (κ1) is 9.96. The van der Waals surface area contributed by atoms with Crippen molar-refractivity contribution in [1.82, 2.24) is 14.6 Å². The molecule has 0 N–H and O–H groups in total. The molecule has 0 atom stereocenters. The second kappa shape index (κ2) is 3.53. The van der Waals surface area contributed by atoms with Crippen molar-refractivity contribution in [2.45, 2.75) is 26.7 Å². The molecular weight excluding hydrogens is 190 g/mol. The first-order valence-corrected chi connectivity index (χ1v) is 5.02. The minimum absolute atomic E-state index is 0.383. The molecule has 0 saturated carbocycles. The van der Waals surface area contributed by atoms with E-state index >= 15 is 0 Å². The monoisotopic (exact) mass is 205 g/mol. The molecule has 0 unspecified atom stereocenters. The molecule has 0 aliphatic rings. The van der Waals surface area contributed by atoms with Gasteiger partial charge in [0.15, 0.2) is 0 Å². The average molecular weight is 205 g/mol. The number of nitrogens with zero attached hydrogens (tertiary/aromatic N) is 3. The van der Waals surface area contributed by atoms with Crippen LogP contribution in [0.2, 0.25) is 0 Å². The van der Waals surface area contributed by atoms with Crippen molar-refractivity contribution < 1.29 is 4.74 Å². The maximum absolute atomic E-state index is 5.26. The molecule has 2 aromatic rings. The SMILES string of the molecule is COc1cc(C)c2c(C(C)C)ncnn12. The molecule has 15 heavy (non-hydrogen) atoms. The summed E-state index contributed by atoms with van der Waals surface area (Å²) in [6, 6.07) is 1.98. The molecule has 0 aliphatic carbocycles. The summed E-state index contributed by atoms with van der Waals surface area (Å²) in [5, 5.41) is 4.20. The van der Waals surface area contributed by atoms with Crippen molar-refractivity contribution in [2.24, 2.45) is 0 Å². The predicted molar refractivity (Wildman–Crippen MR) is 58.4 cm³/mol. The van der Waals surface area contributed by atoms with Gasteiger partial charge in [0.2, 0.25) is 5.88 Å². The van der Waals surface area contributed by atoms with Gasteiger partial charge in [-0.3, -0.25) is 0 Å². The van der Waals surface area contributed by atoms with Crippen LogP contribution in [0, 0.1) is 6.92 Å². The molecule has 4 heteroatoms. The Balaban J connectivity index is 2.80. The molecule has 4 nitrogen and oxygen atoms in total. The van der Waals surface area contributed by atoms with E-state index in [-0.39, 0.29) is 0 Å². The van der Waals surface area contributed by atoms with E-state index in [1.807, 2.05) is 13.0 Å². The fourth-order valence-electron chi connectivity index (χ4n) is 1.79. The molecule has 0 fully saturated rings. The number of aromatic nitrogens is 3. The summed E-state index contributed by atoms with van der Waals surface area (Å²) in [5.41, 5.74) is 3.27. The third-order valence-electron chi connectivity index (χ3n) is 2.50. The lowest BCUT2D eigenvalue weighted by Gasteiger charge is -2.07. The van der Waals surface area contributed by atoms with Crippen LogP contribution in [0.4, 0.5) is 0 Å². The first-order chi connectivity index (χ1) is 7.15. The van der Waals surface area contributed by atoms with E-state index in [2.05, 4.69) is 23.9 Å². The minimum atomic E-state index is 0.383. The van der Waals surface area contributed by atoms with E-state index in [9.17, 15) is 0 Å². The number of fused-ring (bicyclic) bond motifs is 1. The van der Waals surface area contributed by atoms with Crippen LogP contribution < -0.4 is 4.74 Å². The Bertz CT molecular complexity index is 488. The van der Waals surface area contributed by atoms with E-state index in [1.54, 1.807) is 18.0 Å². The molecular formula is C11H15N3O. The Kier molecular flexibility index (Phi) is 2.34. The van der Waals surface area contributed by atoms with E-state index in [1.165, 1.54) is 0 Å². The second-order valence-electron chi connectivity index (χ2n) is 3.93. The van der Waals surface area contributed by atoms with Gasteiger partial charge in [-0.15, -0.1) is 0 Å². The van der Waals surface area contributed by atoms with Gasteiger partial charge in [0.05, 0.1) is 18.3 Å². The second-order valence-corrected chi connectivity index (χ2v) is 3.93. The third-order valence-corrected chi connectivity index (χ3v) is 2.50. The highest BCUT2D eigenvalue weighted by Gasteiger charge is 2.14. The van der Waals surface area contributed by atoms with Crippen LogP contribution in [0.5, 0.6) is 5.88 Å². The standard InChI is InChI=1S/C11H15N3O/c1-7(2)10-11-8(3)5-9(15-4)14(11)13-6-12-10/h5-7H,1-4H3. The van der Waals surface area contributed by atoms with E-state index in [4.69, 9.17) is 4.74 Å². The molecule has 0 radical (unpaired) electrons. The van der Waals surface area contributed by atoms with Crippen LogP contribution in [-0.4, -0.2) is 21.7 Å². The highest BCUT2D eigenvalue weighted by atomic mass is 16.5. The fourth-order valence-corrected chi connectivity index (χ4v) is 1.79. The summed E-state index contributed by atoms with van der Waals surface area (Å²) in [5.74, 6) is 1.14. The Hall–Kier alpha value is -1.58. The maximum atomic E-state index is 5.26. The molecule has 2 heterocycles. The van der Waals surface area contributed by atoms with Gasteiger partial charge in [-0.25, -0.2) is 4.98 Å². The van der Waals surface area contributed by atoms with Crippen LogP contribution in [0.3, 0.4) is 0 Å². The molecule has 0 aliphatic heterocycles. The smallest absolute Gasteiger partial charge is 0.215 e. The largest absolute Gasteiger partial charge is 0.481 e. The number of ether oxygens (including phenoxy) is 1. The Morgan fingerprint density at radius 3 is 2.73 bits per heavy atom. The molecule has 0 aromatic carbocycles. The maximum Gasteiger partial charge on any atom is 0.215 e. The number of hydrogen-bond donors (Lipinski definition) is 0. The highest BCUT2D eigenvalue weighted by molar-refractivity contribution is 5.62. The lowest BCUT2D eigenvalue weighted by molar-refractivity contribution is 0.387. The Morgan fingerprint density at radius 2 is 2.13 bits per heavy atom. The summed E-state index contributed by atoms with van der Waals surface area (Å²) in [6.07, 6.45) is 1.57. The Morgan fingerprint density at radius 1 is 1.40 bits per heavy atom. The van der Waals surface area contributed by atoms with Crippen molar-refractivity contribution in [1.29, 1.82) is 0 Å². The summed E-state index contributed by atoms with van der Waals surface area (Å²) >= 11 is 0. The van der Waals surface area contributed by atoms with Crippen molar-refractivity contribution in [3.05, 3.63) is 23.7 Å². The van der Waals surface area contributed by atoms with Gasteiger partial charge >= 0.3 is 0 Å². The summed E-state index contributed by atoms with van der Waals surface area (Å²) in [6.45, 7) is 6.30. The zero-order chi connectivity index (χ0) is 11.0. The minimum Gasteiger partial charge on any atom is -0.481 e. The van der Waals surface area contributed by atoms with Gasteiger partial charge < -0.3 is 4.74 Å². The van der Waals surface area contributed by atoms with Crippen LogP contribution in [0.25, 0.3) is 5.52 Å². The molecule has 0 bridgehead atoms. The van der Waals surface area contributed by atoms with Crippen LogP contribution in [0.15, 0.2) is 12.4 Å². The highest BCUT2D eigenvalue weighted by Crippen LogP contribution is 2.26. The van der Waals surface area contributed by atoms with Crippen molar-refractivity contribution in [2.75, 3.05) is 7.11 Å². The van der Waals surface area contributed by atoms with Crippen LogP contribution in [0.1, 0.15) is 31.0 Å². The lowest BCUT2D eigenvalue weighted by atomic mass is 10.1. The van der Waals surface area contributed by atoms with Gasteiger partial charge in [0.1, 0.15) is 6.33 Å². The number of aryl methyl sites for hydroxylation is 1. The Labute approximate surface area is 88.9 Å². The van der Waals surface area contributed by atoms with Crippen molar-refractivity contribution >= 4 is 5.52 Å². The number of hydrogen-bond acceptors (Lipinski definition) is 3. The third kappa shape index (κ3) is 1.46. The molecule has 0 spiro atoms. The predicted octanol–water partition coefficient (Wildman–Crippen LogP) is 2.17. The van der Waals surface area contributed by atoms with Crippen molar-refractivity contribution in [3.8, 4) is 5.88 Å². The van der Waals surface area contributed by atoms with Crippen LogP contribution >= 0.6 is 0 Å². The zero-order valence-corrected chi connectivity index (χ0v) is 9.48. The normalized spacial score (nSPS) is 11.3.